The number of carbonyl (C=O) groups excluding carboxylic acids is 1. The van der Waals surface area contributed by atoms with E-state index in [9.17, 15) is 13.2 Å². The summed E-state index contributed by atoms with van der Waals surface area (Å²) in [6.07, 6.45) is 1.81. The summed E-state index contributed by atoms with van der Waals surface area (Å²) in [5.74, 6) is -0.0314. The third kappa shape index (κ3) is 7.37. The fraction of sp³-hybridized carbons (Fsp3) is 0.368. The van der Waals surface area contributed by atoms with Gasteiger partial charge in [0.15, 0.2) is 9.84 Å². The molecule has 0 spiro atoms. The molecule has 1 heterocycles. The lowest BCUT2D eigenvalue weighted by Gasteiger charge is -2.21. The molecule has 0 radical (unpaired) electrons. The van der Waals surface area contributed by atoms with Crippen LogP contribution in [0.1, 0.15) is 20.3 Å². The van der Waals surface area contributed by atoms with Crippen LogP contribution in [0, 0.1) is 5.92 Å². The van der Waals surface area contributed by atoms with E-state index in [2.05, 4.69) is 4.98 Å². The minimum absolute atomic E-state index is 0.0495. The van der Waals surface area contributed by atoms with Crippen LogP contribution in [-0.2, 0) is 14.0 Å². The maximum Gasteiger partial charge on any atom is 0.422 e. The lowest BCUT2D eigenvalue weighted by atomic mass is 10.1. The number of pyridine rings is 1. The van der Waals surface area contributed by atoms with Gasteiger partial charge < -0.3 is 9.08 Å². The molecule has 1 atom stereocenters. The predicted octanol–water partition coefficient (Wildman–Crippen LogP) is 4.70. The molecule has 6 nitrogen and oxygen atoms in total. The highest BCUT2D eigenvalue weighted by Gasteiger charge is 2.20. The van der Waals surface area contributed by atoms with Gasteiger partial charge in [0.2, 0.25) is 0 Å². The SMILES string of the molecule is CCN(CC[C@H](C)CS(=O)(=O)c1ccccc1)C(=O)OSSc1ccccn1. The van der Waals surface area contributed by atoms with Gasteiger partial charge in [0.1, 0.15) is 16.1 Å². The maximum absolute atomic E-state index is 12.4. The quantitative estimate of drug-likeness (QED) is 0.392. The average Bonchev–Trinajstić information content (AvgIpc) is 2.69. The number of nitrogens with zero attached hydrogens (tertiary/aromatic N) is 2. The molecular formula is C19H24N2O4S3. The molecule has 2 aromatic rings. The van der Waals surface area contributed by atoms with E-state index in [1.165, 1.54) is 10.8 Å². The molecule has 1 aromatic carbocycles. The van der Waals surface area contributed by atoms with Gasteiger partial charge in [-0.15, -0.1) is 0 Å². The molecule has 0 bridgehead atoms. The zero-order chi connectivity index (χ0) is 20.4. The summed E-state index contributed by atoms with van der Waals surface area (Å²) in [6.45, 7) is 4.68. The summed E-state index contributed by atoms with van der Waals surface area (Å²) in [7, 11) is -2.07. The average molecular weight is 441 g/mol. The summed E-state index contributed by atoms with van der Waals surface area (Å²) < 4.78 is 30.1. The Bertz CT molecular complexity index is 833. The number of benzene rings is 1. The molecule has 1 amide bonds. The van der Waals surface area contributed by atoms with Gasteiger partial charge in [-0.3, -0.25) is 0 Å². The van der Waals surface area contributed by atoms with Crippen LogP contribution in [0.4, 0.5) is 4.79 Å². The van der Waals surface area contributed by atoms with Crippen LogP contribution in [0.15, 0.2) is 64.6 Å². The smallest absolute Gasteiger partial charge is 0.363 e. The second kappa shape index (κ2) is 11.3. The van der Waals surface area contributed by atoms with E-state index in [-0.39, 0.29) is 11.7 Å². The molecule has 0 unspecified atom stereocenters. The number of hydrogen-bond donors (Lipinski definition) is 0. The standard InChI is InChI=1S/C19H24N2O4S3/c1-3-21(19(22)25-27-26-18-11-7-8-13-20-18)14-12-16(2)15-28(23,24)17-9-5-4-6-10-17/h4-11,13,16H,3,12,14-15H2,1-2H3/t16-/m0/s1. The van der Waals surface area contributed by atoms with E-state index in [0.717, 1.165) is 16.1 Å². The van der Waals surface area contributed by atoms with Crippen molar-refractivity contribution in [3.63, 3.8) is 0 Å². The molecule has 0 saturated heterocycles. The Balaban J connectivity index is 1.77. The first-order chi connectivity index (χ1) is 13.4. The maximum atomic E-state index is 12.4. The molecule has 0 aliphatic carbocycles. The highest BCUT2D eigenvalue weighted by atomic mass is 33.1. The summed E-state index contributed by atoms with van der Waals surface area (Å²) in [5.41, 5.74) is 0. The second-order valence-electron chi connectivity index (χ2n) is 6.24. The molecule has 0 aliphatic rings. The van der Waals surface area contributed by atoms with Crippen LogP contribution in [0.25, 0.3) is 0 Å². The summed E-state index contributed by atoms with van der Waals surface area (Å²) in [5, 5.41) is 0.753. The van der Waals surface area contributed by atoms with Crippen LogP contribution in [0.2, 0.25) is 0 Å². The third-order valence-corrected chi connectivity index (χ3v) is 7.61. The van der Waals surface area contributed by atoms with Crippen LogP contribution in [0.5, 0.6) is 0 Å². The number of aromatic nitrogens is 1. The van der Waals surface area contributed by atoms with Crippen LogP contribution >= 0.6 is 21.9 Å². The van der Waals surface area contributed by atoms with Gasteiger partial charge in [-0.05, 0) is 43.5 Å². The Morgan fingerprint density at radius 3 is 2.54 bits per heavy atom. The van der Waals surface area contributed by atoms with Crippen LogP contribution in [0.3, 0.4) is 0 Å². The minimum atomic E-state index is -3.33. The van der Waals surface area contributed by atoms with Crippen molar-refractivity contribution in [2.75, 3.05) is 18.8 Å². The molecule has 9 heteroatoms. The zero-order valence-electron chi connectivity index (χ0n) is 15.9. The fourth-order valence-corrected chi connectivity index (χ4v) is 5.43. The summed E-state index contributed by atoms with van der Waals surface area (Å²) in [4.78, 5) is 18.3. The van der Waals surface area contributed by atoms with E-state index in [0.29, 0.717) is 24.4 Å². The number of rotatable bonds is 10. The van der Waals surface area contributed by atoms with Crippen molar-refractivity contribution in [3.8, 4) is 0 Å². The van der Waals surface area contributed by atoms with E-state index in [1.54, 1.807) is 41.4 Å². The first-order valence-corrected chi connectivity index (χ1v) is 12.6. The number of hydrogen-bond acceptors (Lipinski definition) is 7. The molecule has 0 fully saturated rings. The van der Waals surface area contributed by atoms with Crippen LogP contribution < -0.4 is 0 Å². The van der Waals surface area contributed by atoms with Gasteiger partial charge in [0.05, 0.1) is 10.6 Å². The number of carbonyl (C=O) groups is 1. The third-order valence-electron chi connectivity index (χ3n) is 4.00. The monoisotopic (exact) mass is 440 g/mol. The van der Waals surface area contributed by atoms with Crippen molar-refractivity contribution in [2.24, 2.45) is 5.92 Å². The summed E-state index contributed by atoms with van der Waals surface area (Å²) >= 11 is 0.967. The van der Waals surface area contributed by atoms with Gasteiger partial charge >= 0.3 is 6.09 Å². The second-order valence-corrected chi connectivity index (χ2v) is 10.1. The molecular weight excluding hydrogens is 416 g/mol. The first-order valence-electron chi connectivity index (χ1n) is 8.91. The highest BCUT2D eigenvalue weighted by Crippen LogP contribution is 2.30. The Labute approximate surface area is 174 Å². The Morgan fingerprint density at radius 1 is 1.18 bits per heavy atom. The lowest BCUT2D eigenvalue weighted by Crippen LogP contribution is -2.32. The van der Waals surface area contributed by atoms with E-state index < -0.39 is 15.9 Å². The Kier molecular flexibility index (Phi) is 9.14. The summed E-state index contributed by atoms with van der Waals surface area (Å²) in [6, 6.07) is 13.9. The van der Waals surface area contributed by atoms with Crippen molar-refractivity contribution in [3.05, 3.63) is 54.7 Å². The number of amides is 1. The van der Waals surface area contributed by atoms with Crippen molar-refractivity contribution in [1.29, 1.82) is 0 Å². The van der Waals surface area contributed by atoms with Crippen molar-refractivity contribution in [1.82, 2.24) is 9.88 Å². The van der Waals surface area contributed by atoms with Crippen molar-refractivity contribution < 1.29 is 17.4 Å². The van der Waals surface area contributed by atoms with Crippen LogP contribution in [-0.4, -0.2) is 43.2 Å². The normalized spacial score (nSPS) is 12.4. The molecule has 1 aromatic heterocycles. The van der Waals surface area contributed by atoms with Gasteiger partial charge in [0, 0.05) is 30.1 Å². The van der Waals surface area contributed by atoms with E-state index >= 15 is 0 Å². The van der Waals surface area contributed by atoms with Gasteiger partial charge in [-0.1, -0.05) is 31.2 Å². The molecule has 2 rings (SSSR count). The zero-order valence-corrected chi connectivity index (χ0v) is 18.3. The predicted molar refractivity (Wildman–Crippen MR) is 114 cm³/mol. The van der Waals surface area contributed by atoms with Crippen molar-refractivity contribution >= 4 is 37.8 Å². The first kappa shape index (κ1) is 22.6. The molecule has 152 valence electrons. The minimum Gasteiger partial charge on any atom is -0.363 e. The molecule has 28 heavy (non-hydrogen) atoms. The fourth-order valence-electron chi connectivity index (χ4n) is 2.47. The molecule has 0 saturated carbocycles. The molecule has 0 aliphatic heterocycles. The van der Waals surface area contributed by atoms with Gasteiger partial charge in [-0.25, -0.2) is 18.2 Å². The lowest BCUT2D eigenvalue weighted by molar-refractivity contribution is 0.161. The Hall–Kier alpha value is -1.71. The molecule has 0 N–H and O–H groups in total. The Morgan fingerprint density at radius 2 is 1.89 bits per heavy atom. The topological polar surface area (TPSA) is 76.6 Å². The van der Waals surface area contributed by atoms with Gasteiger partial charge in [0.25, 0.3) is 0 Å². The van der Waals surface area contributed by atoms with E-state index in [4.69, 9.17) is 4.18 Å². The van der Waals surface area contributed by atoms with Crippen molar-refractivity contribution in [2.45, 2.75) is 30.2 Å². The number of sulfone groups is 1. The highest BCUT2D eigenvalue weighted by molar-refractivity contribution is 8.75. The van der Waals surface area contributed by atoms with Gasteiger partial charge in [-0.2, -0.15) is 0 Å². The largest absolute Gasteiger partial charge is 0.422 e. The van der Waals surface area contributed by atoms with E-state index in [1.807, 2.05) is 32.0 Å².